The molecule has 0 unspecified atom stereocenters. The van der Waals surface area contributed by atoms with E-state index in [0.717, 1.165) is 69.7 Å². The molecule has 0 fully saturated rings. The van der Waals surface area contributed by atoms with Crippen molar-refractivity contribution in [3.63, 3.8) is 0 Å². The fourth-order valence-electron chi connectivity index (χ4n) is 4.05. The van der Waals surface area contributed by atoms with Gasteiger partial charge in [-0.1, -0.05) is 31.4 Å². The lowest BCUT2D eigenvalue weighted by Crippen LogP contribution is -2.25. The van der Waals surface area contributed by atoms with Crippen LogP contribution < -0.4 is 15.9 Å². The fraction of sp³-hybridized carbons (Fsp3) is 0.231. The lowest BCUT2D eigenvalue weighted by atomic mass is 10.00. The first kappa shape index (κ1) is 21.6. The summed E-state index contributed by atoms with van der Waals surface area (Å²) in [6, 6.07) is 2.14. The van der Waals surface area contributed by atoms with E-state index in [1.165, 1.54) is 5.57 Å². The Balaban J connectivity index is 1.81. The Morgan fingerprint density at radius 1 is 1.28 bits per heavy atom. The summed E-state index contributed by atoms with van der Waals surface area (Å²) in [7, 11) is 0. The second kappa shape index (κ2) is 9.24. The Hall–Kier alpha value is -3.64. The third-order valence-electron chi connectivity index (χ3n) is 5.73. The molecule has 1 aliphatic rings. The van der Waals surface area contributed by atoms with Crippen molar-refractivity contribution in [3.05, 3.63) is 88.6 Å². The van der Waals surface area contributed by atoms with Gasteiger partial charge in [0.2, 0.25) is 0 Å². The van der Waals surface area contributed by atoms with E-state index in [9.17, 15) is 0 Å². The number of rotatable bonds is 6. The maximum atomic E-state index is 4.64. The highest BCUT2D eigenvalue weighted by atomic mass is 15.1. The lowest BCUT2D eigenvalue weighted by Gasteiger charge is -2.13. The van der Waals surface area contributed by atoms with E-state index in [1.807, 2.05) is 43.1 Å². The Morgan fingerprint density at radius 3 is 2.78 bits per heavy atom. The Bertz CT molecular complexity index is 1340. The standard InChI is InChI=1S/C26H30N6/c1-6-8-25(32-15-18(4)28-16-32)21-14-24(29-19(21)5)26-22(23(7-2)30-31-26)13-17(3)20-9-11-27-12-10-20/h6-9,13-16,27,29-30H,1,3,10-12H2,2,4-5H3/b22-13+,23-7+,25-8+. The molecule has 6 nitrogen and oxygen atoms in total. The smallest absolute Gasteiger partial charge is 0.116 e. The highest BCUT2D eigenvalue weighted by Gasteiger charge is 2.15. The summed E-state index contributed by atoms with van der Waals surface area (Å²) >= 11 is 0. The zero-order valence-corrected chi connectivity index (χ0v) is 19.0. The van der Waals surface area contributed by atoms with Gasteiger partial charge in [-0.15, -0.1) is 0 Å². The summed E-state index contributed by atoms with van der Waals surface area (Å²) in [5.41, 5.74) is 8.24. The highest BCUT2D eigenvalue weighted by Crippen LogP contribution is 2.26. The van der Waals surface area contributed by atoms with Gasteiger partial charge in [0.05, 0.1) is 28.8 Å². The Labute approximate surface area is 188 Å². The normalized spacial score (nSPS) is 15.8. The maximum Gasteiger partial charge on any atom is 0.116 e. The van der Waals surface area contributed by atoms with Gasteiger partial charge in [0.25, 0.3) is 0 Å². The quantitative estimate of drug-likeness (QED) is 0.529. The molecule has 3 aromatic rings. The van der Waals surface area contributed by atoms with E-state index in [1.54, 1.807) is 6.08 Å². The molecule has 0 saturated heterocycles. The Morgan fingerprint density at radius 2 is 2.12 bits per heavy atom. The number of nitrogens with zero attached hydrogens (tertiary/aromatic N) is 3. The monoisotopic (exact) mass is 426 g/mol. The van der Waals surface area contributed by atoms with Gasteiger partial charge in [0, 0.05) is 29.2 Å². The van der Waals surface area contributed by atoms with Crippen LogP contribution in [0.1, 0.15) is 30.3 Å². The molecule has 0 atom stereocenters. The molecular weight excluding hydrogens is 396 g/mol. The van der Waals surface area contributed by atoms with Gasteiger partial charge in [0.1, 0.15) is 5.69 Å². The first-order valence-corrected chi connectivity index (χ1v) is 10.9. The third-order valence-corrected chi connectivity index (χ3v) is 5.73. The summed E-state index contributed by atoms with van der Waals surface area (Å²) < 4.78 is 2.02. The number of imidazole rings is 1. The van der Waals surface area contributed by atoms with Crippen LogP contribution in [0.15, 0.2) is 61.1 Å². The van der Waals surface area contributed by atoms with Gasteiger partial charge in [-0.3, -0.25) is 5.10 Å². The number of aryl methyl sites for hydroxylation is 2. The minimum absolute atomic E-state index is 0.878. The second-order valence-electron chi connectivity index (χ2n) is 7.97. The van der Waals surface area contributed by atoms with Crippen molar-refractivity contribution >= 4 is 17.8 Å². The topological polar surface area (TPSA) is 74.3 Å². The molecule has 4 heterocycles. The molecule has 6 heteroatoms. The fourth-order valence-corrected chi connectivity index (χ4v) is 4.05. The summed E-state index contributed by atoms with van der Waals surface area (Å²) in [6.45, 7) is 16.2. The molecule has 3 aromatic heterocycles. The summed E-state index contributed by atoms with van der Waals surface area (Å²) in [5.74, 6) is 0. The summed E-state index contributed by atoms with van der Waals surface area (Å²) in [6.07, 6.45) is 15.0. The van der Waals surface area contributed by atoms with E-state index in [-0.39, 0.29) is 0 Å². The zero-order chi connectivity index (χ0) is 22.7. The van der Waals surface area contributed by atoms with Gasteiger partial charge < -0.3 is 14.9 Å². The van der Waals surface area contributed by atoms with Crippen LogP contribution >= 0.6 is 0 Å². The average Bonchev–Trinajstić information content (AvgIpc) is 3.51. The number of aromatic amines is 2. The molecule has 0 radical (unpaired) electrons. The van der Waals surface area contributed by atoms with E-state index in [0.29, 0.717) is 0 Å². The minimum atomic E-state index is 0.878. The molecule has 0 aliphatic carbocycles. The van der Waals surface area contributed by atoms with Crippen molar-refractivity contribution in [1.82, 2.24) is 30.0 Å². The zero-order valence-electron chi connectivity index (χ0n) is 19.0. The van der Waals surface area contributed by atoms with Crippen molar-refractivity contribution in [2.45, 2.75) is 27.2 Å². The molecule has 3 N–H and O–H groups in total. The number of aromatic nitrogens is 5. The van der Waals surface area contributed by atoms with E-state index in [2.05, 4.69) is 63.8 Å². The van der Waals surface area contributed by atoms with Crippen LogP contribution in [-0.4, -0.2) is 37.8 Å². The van der Waals surface area contributed by atoms with Crippen molar-refractivity contribution in [3.8, 4) is 11.4 Å². The second-order valence-corrected chi connectivity index (χ2v) is 7.97. The third kappa shape index (κ3) is 4.22. The van der Waals surface area contributed by atoms with E-state index in [4.69, 9.17) is 0 Å². The predicted octanol–water partition coefficient (Wildman–Crippen LogP) is 3.35. The van der Waals surface area contributed by atoms with Gasteiger partial charge in [-0.2, -0.15) is 5.10 Å². The first-order valence-electron chi connectivity index (χ1n) is 10.9. The first-order chi connectivity index (χ1) is 15.5. The van der Waals surface area contributed by atoms with Crippen LogP contribution in [0.5, 0.6) is 0 Å². The summed E-state index contributed by atoms with van der Waals surface area (Å²) in [5, 5.41) is 13.2. The van der Waals surface area contributed by atoms with Crippen LogP contribution in [0, 0.1) is 13.8 Å². The molecule has 32 heavy (non-hydrogen) atoms. The van der Waals surface area contributed by atoms with Crippen LogP contribution in [0.3, 0.4) is 0 Å². The van der Waals surface area contributed by atoms with Gasteiger partial charge in [0.15, 0.2) is 0 Å². The van der Waals surface area contributed by atoms with Crippen molar-refractivity contribution in [2.24, 2.45) is 0 Å². The van der Waals surface area contributed by atoms with Crippen LogP contribution in [0.4, 0.5) is 0 Å². The van der Waals surface area contributed by atoms with Gasteiger partial charge in [-0.05, 0) is 63.1 Å². The Kier molecular flexibility index (Phi) is 6.23. The average molecular weight is 427 g/mol. The van der Waals surface area contributed by atoms with Crippen molar-refractivity contribution in [1.29, 1.82) is 0 Å². The lowest BCUT2D eigenvalue weighted by molar-refractivity contribution is 0.710. The molecule has 0 aromatic carbocycles. The molecule has 164 valence electrons. The molecule has 0 spiro atoms. The molecule has 0 bridgehead atoms. The van der Waals surface area contributed by atoms with Gasteiger partial charge >= 0.3 is 0 Å². The minimum Gasteiger partial charge on any atom is -0.357 e. The number of H-pyrrole nitrogens is 2. The van der Waals surface area contributed by atoms with Crippen molar-refractivity contribution in [2.75, 3.05) is 13.1 Å². The SMILES string of the molecule is C=C/C=C(\c1cc(-c2n[nH]c(=C/C)/c2=C\C(=C)C2=CCNCC2)[nH]c1C)n1cnc(C)c1. The molecule has 0 saturated carbocycles. The number of hydrogen-bond donors (Lipinski definition) is 3. The van der Waals surface area contributed by atoms with Crippen LogP contribution in [0.25, 0.3) is 29.2 Å². The summed E-state index contributed by atoms with van der Waals surface area (Å²) in [4.78, 5) is 7.90. The molecule has 1 aliphatic heterocycles. The molecule has 0 amide bonds. The highest BCUT2D eigenvalue weighted by molar-refractivity contribution is 5.74. The largest absolute Gasteiger partial charge is 0.357 e. The van der Waals surface area contributed by atoms with Crippen LogP contribution in [0.2, 0.25) is 0 Å². The van der Waals surface area contributed by atoms with E-state index < -0.39 is 0 Å². The molecule has 4 rings (SSSR count). The maximum absolute atomic E-state index is 4.64. The van der Waals surface area contributed by atoms with Crippen LogP contribution in [-0.2, 0) is 0 Å². The number of nitrogens with one attached hydrogen (secondary N) is 3. The number of allylic oxidation sites excluding steroid dienone is 3. The molecular formula is C26H30N6. The van der Waals surface area contributed by atoms with Crippen molar-refractivity contribution < 1.29 is 0 Å². The number of hydrogen-bond acceptors (Lipinski definition) is 3. The van der Waals surface area contributed by atoms with Gasteiger partial charge in [-0.25, -0.2) is 4.98 Å². The predicted molar refractivity (Wildman–Crippen MR) is 132 cm³/mol. The van der Waals surface area contributed by atoms with E-state index >= 15 is 0 Å².